The Kier molecular flexibility index (Phi) is 5.47. The van der Waals surface area contributed by atoms with Gasteiger partial charge in [0.1, 0.15) is 11.6 Å². The van der Waals surface area contributed by atoms with E-state index >= 15 is 0 Å². The molecule has 124 valence electrons. The molecule has 0 radical (unpaired) electrons. The number of halogens is 2. The molecule has 4 heteroatoms. The molecule has 0 spiro atoms. The Labute approximate surface area is 141 Å². The molecular weight excluding hydrogens is 306 g/mol. The summed E-state index contributed by atoms with van der Waals surface area (Å²) in [4.78, 5) is 9.34. The molecule has 1 aliphatic carbocycles. The van der Waals surface area contributed by atoms with Gasteiger partial charge in [-0.15, -0.1) is 0 Å². The van der Waals surface area contributed by atoms with Crippen molar-refractivity contribution in [2.24, 2.45) is 9.98 Å². The average Bonchev–Trinajstić information content (AvgIpc) is 2.61. The molecule has 2 aromatic carbocycles. The van der Waals surface area contributed by atoms with Crippen molar-refractivity contribution in [2.45, 2.75) is 37.8 Å². The second-order valence-electron chi connectivity index (χ2n) is 6.08. The summed E-state index contributed by atoms with van der Waals surface area (Å²) < 4.78 is 25.9. The molecule has 0 aromatic heterocycles. The maximum atomic E-state index is 12.9. The third-order valence-corrected chi connectivity index (χ3v) is 4.26. The summed E-state index contributed by atoms with van der Waals surface area (Å²) >= 11 is 0. The fraction of sp³-hybridized carbons (Fsp3) is 0.300. The van der Waals surface area contributed by atoms with Gasteiger partial charge in [0, 0.05) is 12.4 Å². The molecule has 2 aromatic rings. The SMILES string of the molecule is Fc1ccc(C=N[C@@H]2CCCC[C@H]2N=Cc2ccc(F)cc2)cc1. The average molecular weight is 326 g/mol. The van der Waals surface area contributed by atoms with Gasteiger partial charge in [-0.25, -0.2) is 8.78 Å². The van der Waals surface area contributed by atoms with Crippen LogP contribution in [0.2, 0.25) is 0 Å². The van der Waals surface area contributed by atoms with E-state index < -0.39 is 0 Å². The molecule has 0 amide bonds. The van der Waals surface area contributed by atoms with Crippen molar-refractivity contribution in [1.29, 1.82) is 0 Å². The lowest BCUT2D eigenvalue weighted by Gasteiger charge is -2.25. The molecule has 0 unspecified atom stereocenters. The van der Waals surface area contributed by atoms with E-state index in [0.29, 0.717) is 0 Å². The normalized spacial score (nSPS) is 21.6. The van der Waals surface area contributed by atoms with Crippen LogP contribution in [0.1, 0.15) is 36.8 Å². The molecule has 1 aliphatic rings. The molecule has 3 rings (SSSR count). The Morgan fingerprint density at radius 1 is 0.667 bits per heavy atom. The first-order valence-electron chi connectivity index (χ1n) is 8.28. The Hall–Kier alpha value is -2.36. The van der Waals surface area contributed by atoms with Gasteiger partial charge in [-0.3, -0.25) is 9.98 Å². The van der Waals surface area contributed by atoms with E-state index in [1.807, 2.05) is 0 Å². The lowest BCUT2D eigenvalue weighted by molar-refractivity contribution is 0.390. The number of hydrogen-bond acceptors (Lipinski definition) is 2. The molecular formula is C20H20F2N2. The van der Waals surface area contributed by atoms with Crippen molar-refractivity contribution in [3.05, 3.63) is 71.3 Å². The first-order chi connectivity index (χ1) is 11.7. The number of aliphatic imine (C=N–C) groups is 2. The standard InChI is InChI=1S/C20H20F2N2/c21-17-9-5-15(6-10-17)13-23-19-3-1-2-4-20(19)24-14-16-7-11-18(22)12-8-16/h5-14,19-20H,1-4H2/t19-,20-/m1/s1. The van der Waals surface area contributed by atoms with E-state index in [2.05, 4.69) is 9.98 Å². The van der Waals surface area contributed by atoms with Crippen LogP contribution in [0.3, 0.4) is 0 Å². The first-order valence-corrected chi connectivity index (χ1v) is 8.28. The molecule has 1 fully saturated rings. The summed E-state index contributed by atoms with van der Waals surface area (Å²) in [5, 5.41) is 0. The van der Waals surface area contributed by atoms with Gasteiger partial charge in [0.25, 0.3) is 0 Å². The van der Waals surface area contributed by atoms with E-state index in [0.717, 1.165) is 36.8 Å². The van der Waals surface area contributed by atoms with Crippen LogP contribution in [0.5, 0.6) is 0 Å². The van der Waals surface area contributed by atoms with E-state index in [4.69, 9.17) is 0 Å². The molecule has 0 N–H and O–H groups in total. The lowest BCUT2D eigenvalue weighted by atomic mass is 9.91. The summed E-state index contributed by atoms with van der Waals surface area (Å²) in [7, 11) is 0. The molecule has 0 bridgehead atoms. The number of rotatable bonds is 4. The van der Waals surface area contributed by atoms with E-state index in [1.54, 1.807) is 36.7 Å². The van der Waals surface area contributed by atoms with Gasteiger partial charge in [-0.1, -0.05) is 37.1 Å². The summed E-state index contributed by atoms with van der Waals surface area (Å²) in [6.07, 6.45) is 7.90. The van der Waals surface area contributed by atoms with Crippen molar-refractivity contribution >= 4 is 12.4 Å². The quantitative estimate of drug-likeness (QED) is 0.720. The third kappa shape index (κ3) is 4.57. The van der Waals surface area contributed by atoms with Crippen LogP contribution < -0.4 is 0 Å². The highest BCUT2D eigenvalue weighted by molar-refractivity contribution is 5.80. The highest BCUT2D eigenvalue weighted by atomic mass is 19.1. The summed E-state index contributed by atoms with van der Waals surface area (Å²) in [6.45, 7) is 0. The largest absolute Gasteiger partial charge is 0.287 e. The van der Waals surface area contributed by atoms with Gasteiger partial charge in [0.15, 0.2) is 0 Å². The number of hydrogen-bond donors (Lipinski definition) is 0. The smallest absolute Gasteiger partial charge is 0.123 e. The fourth-order valence-corrected chi connectivity index (χ4v) is 2.90. The van der Waals surface area contributed by atoms with E-state index in [-0.39, 0.29) is 23.7 Å². The lowest BCUT2D eigenvalue weighted by Crippen LogP contribution is -2.27. The zero-order valence-electron chi connectivity index (χ0n) is 13.4. The van der Waals surface area contributed by atoms with Crippen LogP contribution in [0, 0.1) is 11.6 Å². The first kappa shape index (κ1) is 16.5. The van der Waals surface area contributed by atoms with Crippen LogP contribution in [-0.2, 0) is 0 Å². The van der Waals surface area contributed by atoms with Gasteiger partial charge in [-0.05, 0) is 48.2 Å². The highest BCUT2D eigenvalue weighted by Crippen LogP contribution is 2.24. The fourth-order valence-electron chi connectivity index (χ4n) is 2.90. The molecule has 24 heavy (non-hydrogen) atoms. The Morgan fingerprint density at radius 2 is 1.04 bits per heavy atom. The highest BCUT2D eigenvalue weighted by Gasteiger charge is 2.23. The summed E-state index contributed by atoms with van der Waals surface area (Å²) in [5.74, 6) is -0.488. The number of nitrogens with zero attached hydrogens (tertiary/aromatic N) is 2. The van der Waals surface area contributed by atoms with Crippen LogP contribution >= 0.6 is 0 Å². The van der Waals surface area contributed by atoms with Crippen molar-refractivity contribution in [2.75, 3.05) is 0 Å². The Bertz CT molecular complexity index is 642. The van der Waals surface area contributed by atoms with Crippen LogP contribution in [-0.4, -0.2) is 24.5 Å². The summed E-state index contributed by atoms with van der Waals surface area (Å²) in [6, 6.07) is 12.9. The molecule has 0 saturated heterocycles. The van der Waals surface area contributed by atoms with Crippen molar-refractivity contribution in [3.8, 4) is 0 Å². The van der Waals surface area contributed by atoms with E-state index in [1.165, 1.54) is 24.3 Å². The molecule has 0 heterocycles. The molecule has 0 aliphatic heterocycles. The third-order valence-electron chi connectivity index (χ3n) is 4.26. The zero-order chi connectivity index (χ0) is 16.8. The summed E-state index contributed by atoms with van der Waals surface area (Å²) in [5.41, 5.74) is 1.78. The zero-order valence-corrected chi connectivity index (χ0v) is 13.4. The second-order valence-corrected chi connectivity index (χ2v) is 6.08. The van der Waals surface area contributed by atoms with Crippen LogP contribution in [0.25, 0.3) is 0 Å². The molecule has 1 saturated carbocycles. The van der Waals surface area contributed by atoms with Gasteiger partial charge in [0.05, 0.1) is 12.1 Å². The van der Waals surface area contributed by atoms with Gasteiger partial charge in [0.2, 0.25) is 0 Å². The maximum absolute atomic E-state index is 12.9. The molecule has 2 atom stereocenters. The van der Waals surface area contributed by atoms with Crippen LogP contribution in [0.4, 0.5) is 8.78 Å². The maximum Gasteiger partial charge on any atom is 0.123 e. The minimum Gasteiger partial charge on any atom is -0.287 e. The minimum absolute atomic E-state index is 0.139. The van der Waals surface area contributed by atoms with Crippen LogP contribution in [0.15, 0.2) is 58.5 Å². The van der Waals surface area contributed by atoms with Gasteiger partial charge in [-0.2, -0.15) is 0 Å². The monoisotopic (exact) mass is 326 g/mol. The van der Waals surface area contributed by atoms with E-state index in [9.17, 15) is 8.78 Å². The van der Waals surface area contributed by atoms with Crippen molar-refractivity contribution in [1.82, 2.24) is 0 Å². The van der Waals surface area contributed by atoms with Crippen molar-refractivity contribution in [3.63, 3.8) is 0 Å². The van der Waals surface area contributed by atoms with Crippen molar-refractivity contribution < 1.29 is 8.78 Å². The Balaban J connectivity index is 1.68. The van der Waals surface area contributed by atoms with Gasteiger partial charge < -0.3 is 0 Å². The second kappa shape index (κ2) is 7.95. The topological polar surface area (TPSA) is 24.7 Å². The predicted molar refractivity (Wildman–Crippen MR) is 94.0 cm³/mol. The number of benzene rings is 2. The van der Waals surface area contributed by atoms with Gasteiger partial charge >= 0.3 is 0 Å². The molecule has 2 nitrogen and oxygen atoms in total. The minimum atomic E-state index is -0.244. The Morgan fingerprint density at radius 3 is 1.42 bits per heavy atom. The predicted octanol–water partition coefficient (Wildman–Crippen LogP) is 4.81.